The number of aromatic nitrogens is 2. The summed E-state index contributed by atoms with van der Waals surface area (Å²) >= 11 is 0. The van der Waals surface area contributed by atoms with Crippen molar-refractivity contribution in [3.8, 4) is 11.5 Å². The Morgan fingerprint density at radius 1 is 0.912 bits per heavy atom. The van der Waals surface area contributed by atoms with Crippen molar-refractivity contribution in [3.63, 3.8) is 0 Å². The van der Waals surface area contributed by atoms with Gasteiger partial charge < -0.3 is 25.0 Å². The van der Waals surface area contributed by atoms with Gasteiger partial charge in [-0.1, -0.05) is 27.7 Å². The number of piperazine rings is 1. The van der Waals surface area contributed by atoms with Crippen molar-refractivity contribution in [2.45, 2.75) is 40.5 Å². The second-order valence-electron chi connectivity index (χ2n) is 10.1. The third kappa shape index (κ3) is 4.26. The fourth-order valence-corrected chi connectivity index (χ4v) is 5.50. The second-order valence-corrected chi connectivity index (χ2v) is 10.1. The standard InChI is InChI=1S/C26H37N5O3/c1-16(2)26(17(3)4)14-18(11-19(32)15-26)30-7-9-31(10-8-30)25-28-21-13-23(34-6)22(33-5)12-20(21)24(27)29-25/h11-13,16-17H,7-10,14-15H2,1-6H3,(H2,27,28,29). The number of ketones is 1. The first-order valence-corrected chi connectivity index (χ1v) is 12.1. The predicted molar refractivity (Wildman–Crippen MR) is 135 cm³/mol. The SMILES string of the molecule is COc1cc2nc(N3CCN(C4=CC(=O)CC(C(C)C)(C(C)C)C4)CC3)nc(N)c2cc1OC. The number of nitrogen functional groups attached to an aromatic ring is 1. The summed E-state index contributed by atoms with van der Waals surface area (Å²) in [5, 5.41) is 0.740. The molecule has 1 fully saturated rings. The number of ether oxygens (including phenoxy) is 2. The van der Waals surface area contributed by atoms with Gasteiger partial charge in [-0.2, -0.15) is 4.98 Å². The van der Waals surface area contributed by atoms with E-state index in [4.69, 9.17) is 20.2 Å². The van der Waals surface area contributed by atoms with Crippen molar-refractivity contribution in [3.05, 3.63) is 23.9 Å². The lowest BCUT2D eigenvalue weighted by Gasteiger charge is -2.47. The first-order valence-electron chi connectivity index (χ1n) is 12.1. The summed E-state index contributed by atoms with van der Waals surface area (Å²) in [7, 11) is 3.20. The monoisotopic (exact) mass is 467 g/mol. The zero-order chi connectivity index (χ0) is 24.6. The van der Waals surface area contributed by atoms with E-state index in [0.29, 0.717) is 41.5 Å². The lowest BCUT2D eigenvalue weighted by atomic mass is 9.61. The molecule has 34 heavy (non-hydrogen) atoms. The highest BCUT2D eigenvalue weighted by molar-refractivity contribution is 5.92. The topological polar surface area (TPSA) is 93.8 Å². The largest absolute Gasteiger partial charge is 0.493 e. The highest BCUT2D eigenvalue weighted by Crippen LogP contribution is 2.48. The molecule has 0 atom stereocenters. The summed E-state index contributed by atoms with van der Waals surface area (Å²) in [6.07, 6.45) is 3.47. The maximum atomic E-state index is 12.7. The van der Waals surface area contributed by atoms with Crippen LogP contribution in [0.3, 0.4) is 0 Å². The van der Waals surface area contributed by atoms with Crippen LogP contribution in [0.25, 0.3) is 10.9 Å². The van der Waals surface area contributed by atoms with Crippen LogP contribution in [0.5, 0.6) is 11.5 Å². The van der Waals surface area contributed by atoms with Crippen molar-refractivity contribution in [2.24, 2.45) is 17.3 Å². The molecule has 0 saturated carbocycles. The molecule has 1 aliphatic carbocycles. The Labute approximate surface area is 202 Å². The van der Waals surface area contributed by atoms with Gasteiger partial charge in [-0.15, -0.1) is 0 Å². The van der Waals surface area contributed by atoms with Crippen LogP contribution < -0.4 is 20.1 Å². The maximum absolute atomic E-state index is 12.7. The molecule has 184 valence electrons. The van der Waals surface area contributed by atoms with Crippen LogP contribution in [0.1, 0.15) is 40.5 Å². The molecule has 2 aromatic rings. The Balaban J connectivity index is 1.53. The lowest BCUT2D eigenvalue weighted by molar-refractivity contribution is -0.120. The van der Waals surface area contributed by atoms with Crippen molar-refractivity contribution in [1.82, 2.24) is 14.9 Å². The Morgan fingerprint density at radius 2 is 1.50 bits per heavy atom. The number of hydrogen-bond donors (Lipinski definition) is 1. The summed E-state index contributed by atoms with van der Waals surface area (Å²) in [5.74, 6) is 3.39. The minimum atomic E-state index is 0.0221. The van der Waals surface area contributed by atoms with Crippen molar-refractivity contribution in [1.29, 1.82) is 0 Å². The fraction of sp³-hybridized carbons (Fsp3) is 0.577. The van der Waals surface area contributed by atoms with Gasteiger partial charge >= 0.3 is 0 Å². The van der Waals surface area contributed by atoms with Gasteiger partial charge in [0.05, 0.1) is 19.7 Å². The van der Waals surface area contributed by atoms with E-state index in [0.717, 1.165) is 43.5 Å². The van der Waals surface area contributed by atoms with E-state index in [1.807, 2.05) is 18.2 Å². The lowest BCUT2D eigenvalue weighted by Crippen LogP contribution is -2.49. The number of methoxy groups -OCH3 is 2. The van der Waals surface area contributed by atoms with Gasteiger partial charge in [0.15, 0.2) is 17.3 Å². The minimum Gasteiger partial charge on any atom is -0.493 e. The van der Waals surface area contributed by atoms with Crippen LogP contribution in [-0.4, -0.2) is 61.0 Å². The molecule has 8 nitrogen and oxygen atoms in total. The average molecular weight is 468 g/mol. The molecular formula is C26H37N5O3. The summed E-state index contributed by atoms with van der Waals surface area (Å²) in [5.41, 5.74) is 8.21. The molecule has 0 amide bonds. The average Bonchev–Trinajstić information content (AvgIpc) is 2.82. The van der Waals surface area contributed by atoms with Crippen molar-refractivity contribution < 1.29 is 14.3 Å². The third-order valence-corrected chi connectivity index (χ3v) is 7.83. The number of hydrogen-bond acceptors (Lipinski definition) is 8. The highest BCUT2D eigenvalue weighted by Gasteiger charge is 2.43. The second kappa shape index (κ2) is 9.31. The molecule has 2 heterocycles. The number of nitrogens with zero attached hydrogens (tertiary/aromatic N) is 4. The van der Waals surface area contributed by atoms with E-state index in [2.05, 4.69) is 42.5 Å². The number of nitrogens with two attached hydrogens (primary N) is 1. The van der Waals surface area contributed by atoms with Gasteiger partial charge in [0, 0.05) is 55.8 Å². The van der Waals surface area contributed by atoms with Gasteiger partial charge in [0.2, 0.25) is 5.95 Å². The zero-order valence-electron chi connectivity index (χ0n) is 21.2. The Hall–Kier alpha value is -3.03. The van der Waals surface area contributed by atoms with E-state index < -0.39 is 0 Å². The first kappa shape index (κ1) is 24.1. The van der Waals surface area contributed by atoms with Crippen LogP contribution in [0.4, 0.5) is 11.8 Å². The van der Waals surface area contributed by atoms with E-state index >= 15 is 0 Å². The molecule has 2 N–H and O–H groups in total. The number of benzene rings is 1. The first-order chi connectivity index (χ1) is 16.2. The Bertz CT molecular complexity index is 1100. The highest BCUT2D eigenvalue weighted by atomic mass is 16.5. The summed E-state index contributed by atoms with van der Waals surface area (Å²) < 4.78 is 10.8. The van der Waals surface area contributed by atoms with Crippen LogP contribution in [0.15, 0.2) is 23.9 Å². The number of allylic oxidation sites excluding steroid dienone is 2. The molecule has 8 heteroatoms. The fourth-order valence-electron chi connectivity index (χ4n) is 5.50. The number of rotatable bonds is 6. The zero-order valence-corrected chi connectivity index (χ0v) is 21.2. The number of fused-ring (bicyclic) bond motifs is 1. The molecule has 0 unspecified atom stereocenters. The molecule has 0 radical (unpaired) electrons. The van der Waals surface area contributed by atoms with Gasteiger partial charge in [-0.25, -0.2) is 4.98 Å². The Morgan fingerprint density at radius 3 is 2.09 bits per heavy atom. The van der Waals surface area contributed by atoms with Crippen molar-refractivity contribution in [2.75, 3.05) is 51.0 Å². The molecular weight excluding hydrogens is 430 g/mol. The Kier molecular flexibility index (Phi) is 6.60. The quantitative estimate of drug-likeness (QED) is 0.684. The van der Waals surface area contributed by atoms with Gasteiger partial charge in [0.1, 0.15) is 5.82 Å². The smallest absolute Gasteiger partial charge is 0.228 e. The summed E-state index contributed by atoms with van der Waals surface area (Å²) in [6.45, 7) is 12.2. The summed E-state index contributed by atoms with van der Waals surface area (Å²) in [6, 6.07) is 3.65. The van der Waals surface area contributed by atoms with Gasteiger partial charge in [-0.3, -0.25) is 4.79 Å². The number of carbonyl (C=O) groups is 1. The van der Waals surface area contributed by atoms with Gasteiger partial charge in [0.25, 0.3) is 0 Å². The third-order valence-electron chi connectivity index (χ3n) is 7.83. The van der Waals surface area contributed by atoms with E-state index in [9.17, 15) is 4.79 Å². The molecule has 2 aliphatic rings. The molecule has 1 aliphatic heterocycles. The van der Waals surface area contributed by atoms with Crippen LogP contribution >= 0.6 is 0 Å². The van der Waals surface area contributed by atoms with E-state index in [1.54, 1.807) is 14.2 Å². The van der Waals surface area contributed by atoms with Crippen LogP contribution in [0, 0.1) is 17.3 Å². The van der Waals surface area contributed by atoms with E-state index in [1.165, 1.54) is 5.70 Å². The minimum absolute atomic E-state index is 0.0221. The van der Waals surface area contributed by atoms with Crippen LogP contribution in [-0.2, 0) is 4.79 Å². The van der Waals surface area contributed by atoms with Crippen molar-refractivity contribution >= 4 is 28.5 Å². The molecule has 1 aromatic carbocycles. The summed E-state index contributed by atoms with van der Waals surface area (Å²) in [4.78, 5) is 26.6. The maximum Gasteiger partial charge on any atom is 0.228 e. The number of carbonyl (C=O) groups excluding carboxylic acids is 1. The molecule has 1 saturated heterocycles. The normalized spacial score (nSPS) is 18.6. The predicted octanol–water partition coefficient (Wildman–Crippen LogP) is 3.90. The molecule has 0 bridgehead atoms. The number of anilines is 2. The van der Waals surface area contributed by atoms with E-state index in [-0.39, 0.29) is 11.2 Å². The van der Waals surface area contributed by atoms with Crippen LogP contribution in [0.2, 0.25) is 0 Å². The molecule has 0 spiro atoms. The van der Waals surface area contributed by atoms with Gasteiger partial charge in [-0.05, 0) is 29.7 Å². The molecule has 4 rings (SSSR count). The molecule has 1 aromatic heterocycles.